The third-order valence-corrected chi connectivity index (χ3v) is 8.96. The Morgan fingerprint density at radius 2 is 0.814 bits per heavy atom. The first kappa shape index (κ1) is 22.8. The van der Waals surface area contributed by atoms with Crippen molar-refractivity contribution in [3.05, 3.63) is 134 Å². The van der Waals surface area contributed by atoms with Crippen LogP contribution in [0.3, 0.4) is 0 Å². The fourth-order valence-corrected chi connectivity index (χ4v) is 7.14. The molecule has 0 amide bonds. The summed E-state index contributed by atoms with van der Waals surface area (Å²) < 4.78 is 19.3. The lowest BCUT2D eigenvalue weighted by atomic mass is 9.85. The van der Waals surface area contributed by atoms with E-state index in [0.29, 0.717) is 0 Å². The fraction of sp³-hybridized carbons (Fsp3) is 0. The van der Waals surface area contributed by atoms with Crippen molar-refractivity contribution < 1.29 is 13.3 Å². The van der Waals surface area contributed by atoms with Crippen molar-refractivity contribution in [2.24, 2.45) is 0 Å². The molecule has 0 atom stereocenters. The quantitative estimate of drug-likeness (QED) is 0.201. The smallest absolute Gasteiger partial charge is 0.147 e. The summed E-state index contributed by atoms with van der Waals surface area (Å²) in [6.45, 7) is 0. The lowest BCUT2D eigenvalue weighted by molar-refractivity contribution is 0.616. The summed E-state index contributed by atoms with van der Waals surface area (Å²) in [7, 11) is 0. The largest absolute Gasteiger partial charge is 0.464 e. The highest BCUT2D eigenvalue weighted by molar-refractivity contribution is 6.27. The van der Waals surface area contributed by atoms with Crippen LogP contribution in [0.1, 0.15) is 0 Å². The standard InChI is InChI=1S/C40H22O3/c1-3-14-27-25(12-1)36(31-17-9-16-29-23-10-5-7-18-33(23)42-39(29)31)26-13-2-4-15-28(26)37(27)32-22-41-35-21-20-30-24-11-6-8-19-34(24)43-40(30)38(32)35/h1-22H. The van der Waals surface area contributed by atoms with Gasteiger partial charge in [0.2, 0.25) is 0 Å². The van der Waals surface area contributed by atoms with Gasteiger partial charge in [0.25, 0.3) is 0 Å². The molecule has 7 aromatic carbocycles. The van der Waals surface area contributed by atoms with E-state index in [1.54, 1.807) is 0 Å². The van der Waals surface area contributed by atoms with Gasteiger partial charge in [-0.25, -0.2) is 0 Å². The number of rotatable bonds is 2. The highest BCUT2D eigenvalue weighted by Crippen LogP contribution is 2.49. The molecule has 0 fully saturated rings. The fourth-order valence-electron chi connectivity index (χ4n) is 7.14. The summed E-state index contributed by atoms with van der Waals surface area (Å²) in [5.74, 6) is 0. The second-order valence-electron chi connectivity index (χ2n) is 11.2. The maximum absolute atomic E-state index is 6.55. The van der Waals surface area contributed by atoms with Crippen LogP contribution in [0.2, 0.25) is 0 Å². The summed E-state index contributed by atoms with van der Waals surface area (Å²) in [6, 6.07) is 44.5. The van der Waals surface area contributed by atoms with Gasteiger partial charge >= 0.3 is 0 Å². The van der Waals surface area contributed by atoms with Crippen molar-refractivity contribution in [3.8, 4) is 22.3 Å². The number of hydrogen-bond donors (Lipinski definition) is 0. The Balaban J connectivity index is 1.37. The summed E-state index contributed by atoms with van der Waals surface area (Å²) in [6.07, 6.45) is 1.89. The molecule has 43 heavy (non-hydrogen) atoms. The predicted molar refractivity (Wildman–Crippen MR) is 177 cm³/mol. The lowest BCUT2D eigenvalue weighted by Crippen LogP contribution is -1.90. The molecule has 3 aromatic heterocycles. The zero-order chi connectivity index (χ0) is 28.1. The molecular weight excluding hydrogens is 528 g/mol. The molecule has 3 nitrogen and oxygen atoms in total. The third-order valence-electron chi connectivity index (χ3n) is 8.96. The average Bonchev–Trinajstić information content (AvgIpc) is 3.77. The molecule has 0 aliphatic carbocycles. The van der Waals surface area contributed by atoms with Crippen LogP contribution < -0.4 is 0 Å². The monoisotopic (exact) mass is 550 g/mol. The Morgan fingerprint density at radius 3 is 1.44 bits per heavy atom. The van der Waals surface area contributed by atoms with Gasteiger partial charge in [0.15, 0.2) is 0 Å². The van der Waals surface area contributed by atoms with Gasteiger partial charge in [0.05, 0.1) is 11.6 Å². The second kappa shape index (κ2) is 8.37. The number of para-hydroxylation sites is 3. The average molecular weight is 551 g/mol. The summed E-state index contributed by atoms with van der Waals surface area (Å²) in [5.41, 5.74) is 8.77. The summed E-state index contributed by atoms with van der Waals surface area (Å²) in [5, 5.41) is 10.1. The maximum Gasteiger partial charge on any atom is 0.147 e. The highest BCUT2D eigenvalue weighted by Gasteiger charge is 2.23. The minimum absolute atomic E-state index is 0.811. The molecule has 10 rings (SSSR count). The van der Waals surface area contributed by atoms with Crippen LogP contribution in [0.4, 0.5) is 0 Å². The van der Waals surface area contributed by atoms with Crippen molar-refractivity contribution in [3.63, 3.8) is 0 Å². The molecule has 0 unspecified atom stereocenters. The predicted octanol–water partition coefficient (Wildman–Crippen LogP) is 11.9. The van der Waals surface area contributed by atoms with Crippen LogP contribution in [-0.2, 0) is 0 Å². The van der Waals surface area contributed by atoms with Crippen LogP contribution in [0.5, 0.6) is 0 Å². The Bertz CT molecular complexity index is 2680. The number of furan rings is 3. The Hall–Kier alpha value is -5.80. The second-order valence-corrected chi connectivity index (χ2v) is 11.2. The molecule has 3 heterocycles. The van der Waals surface area contributed by atoms with Crippen LogP contribution in [0, 0.1) is 0 Å². The van der Waals surface area contributed by atoms with E-state index in [2.05, 4.69) is 103 Å². The minimum Gasteiger partial charge on any atom is -0.464 e. The van der Waals surface area contributed by atoms with E-state index in [-0.39, 0.29) is 0 Å². The van der Waals surface area contributed by atoms with E-state index < -0.39 is 0 Å². The van der Waals surface area contributed by atoms with Crippen molar-refractivity contribution in [1.29, 1.82) is 0 Å². The van der Waals surface area contributed by atoms with Gasteiger partial charge in [-0.05, 0) is 45.8 Å². The molecule has 0 spiro atoms. The van der Waals surface area contributed by atoms with Crippen molar-refractivity contribution in [1.82, 2.24) is 0 Å². The van der Waals surface area contributed by atoms with Gasteiger partial charge in [-0.3, -0.25) is 0 Å². The SMILES string of the molecule is c1ccc2c(c1)oc1c(-c3c4ccccc4c(-c4coc5ccc6c7ccccc7oc6c45)c4ccccc34)cccc12. The maximum atomic E-state index is 6.55. The molecule has 0 bridgehead atoms. The van der Waals surface area contributed by atoms with E-state index in [9.17, 15) is 0 Å². The van der Waals surface area contributed by atoms with Gasteiger partial charge in [-0.2, -0.15) is 0 Å². The van der Waals surface area contributed by atoms with Crippen molar-refractivity contribution >= 4 is 76.4 Å². The molecule has 0 saturated carbocycles. The third kappa shape index (κ3) is 3.03. The highest BCUT2D eigenvalue weighted by atomic mass is 16.3. The first-order chi connectivity index (χ1) is 21.3. The molecule has 0 saturated heterocycles. The van der Waals surface area contributed by atoms with E-state index in [1.807, 2.05) is 30.5 Å². The molecule has 0 N–H and O–H groups in total. The lowest BCUT2D eigenvalue weighted by Gasteiger charge is -2.17. The number of hydrogen-bond acceptors (Lipinski definition) is 3. The zero-order valence-corrected chi connectivity index (χ0v) is 22.9. The van der Waals surface area contributed by atoms with Crippen LogP contribution in [0.15, 0.2) is 147 Å². The first-order valence-electron chi connectivity index (χ1n) is 14.5. The van der Waals surface area contributed by atoms with Gasteiger partial charge < -0.3 is 13.3 Å². The molecule has 3 heteroatoms. The number of benzene rings is 7. The van der Waals surface area contributed by atoms with Gasteiger partial charge in [0, 0.05) is 43.8 Å². The van der Waals surface area contributed by atoms with Crippen LogP contribution in [0.25, 0.3) is 98.6 Å². The van der Waals surface area contributed by atoms with Gasteiger partial charge in [0.1, 0.15) is 27.9 Å². The van der Waals surface area contributed by atoms with E-state index >= 15 is 0 Å². The van der Waals surface area contributed by atoms with Gasteiger partial charge in [-0.15, -0.1) is 0 Å². The molecule has 200 valence electrons. The Morgan fingerprint density at radius 1 is 0.326 bits per heavy atom. The topological polar surface area (TPSA) is 39.4 Å². The molecular formula is C40H22O3. The molecule has 0 radical (unpaired) electrons. The minimum atomic E-state index is 0.811. The molecule has 10 aromatic rings. The van der Waals surface area contributed by atoms with E-state index in [4.69, 9.17) is 13.3 Å². The van der Waals surface area contributed by atoms with E-state index in [1.165, 1.54) is 5.56 Å². The van der Waals surface area contributed by atoms with Crippen molar-refractivity contribution in [2.75, 3.05) is 0 Å². The Labute approximate surface area is 245 Å². The van der Waals surface area contributed by atoms with Crippen LogP contribution >= 0.6 is 0 Å². The van der Waals surface area contributed by atoms with E-state index in [0.717, 1.165) is 93.1 Å². The normalized spacial score (nSPS) is 12.2. The first-order valence-corrected chi connectivity index (χ1v) is 14.5. The summed E-state index contributed by atoms with van der Waals surface area (Å²) in [4.78, 5) is 0. The zero-order valence-electron chi connectivity index (χ0n) is 22.9. The molecule has 0 aliphatic heterocycles. The van der Waals surface area contributed by atoms with Crippen molar-refractivity contribution in [2.45, 2.75) is 0 Å². The summed E-state index contributed by atoms with van der Waals surface area (Å²) >= 11 is 0. The molecule has 0 aliphatic rings. The Kier molecular flexibility index (Phi) is 4.45. The van der Waals surface area contributed by atoms with Crippen LogP contribution in [-0.4, -0.2) is 0 Å². The van der Waals surface area contributed by atoms with Gasteiger partial charge in [-0.1, -0.05) is 103 Å². The number of fused-ring (bicyclic) bond motifs is 10.